The van der Waals surface area contributed by atoms with Crippen molar-refractivity contribution in [1.82, 2.24) is 0 Å². The van der Waals surface area contributed by atoms with E-state index in [2.05, 4.69) is 126 Å². The number of halogens is 1. The van der Waals surface area contributed by atoms with Crippen molar-refractivity contribution in [3.8, 4) is 11.1 Å². The Labute approximate surface area is 271 Å². The van der Waals surface area contributed by atoms with Crippen LogP contribution in [0.1, 0.15) is 82.2 Å². The van der Waals surface area contributed by atoms with Crippen LogP contribution in [0.4, 0.5) is 17.1 Å². The number of hydrogen-bond donors (Lipinski definition) is 0. The topological polar surface area (TPSA) is 16.4 Å². The Morgan fingerprint density at radius 3 is 2.07 bits per heavy atom. The second-order valence-electron chi connectivity index (χ2n) is 15.1. The fourth-order valence-corrected chi connectivity index (χ4v) is 8.34. The van der Waals surface area contributed by atoms with Crippen molar-refractivity contribution in [1.29, 1.82) is 0 Å². The minimum atomic E-state index is -0.118. The third-order valence-corrected chi connectivity index (χ3v) is 11.1. The van der Waals surface area contributed by atoms with E-state index >= 15 is 0 Å². The summed E-state index contributed by atoms with van der Waals surface area (Å²) in [6.45, 7) is 16.5. The van der Waals surface area contributed by atoms with Crippen LogP contribution in [0.25, 0.3) is 33.1 Å². The van der Waals surface area contributed by atoms with Crippen LogP contribution in [-0.4, -0.2) is 0 Å². The van der Waals surface area contributed by atoms with Crippen LogP contribution in [-0.2, 0) is 16.2 Å². The van der Waals surface area contributed by atoms with Gasteiger partial charge in [0.15, 0.2) is 5.58 Å². The second-order valence-corrected chi connectivity index (χ2v) is 15.5. The van der Waals surface area contributed by atoms with Crippen molar-refractivity contribution < 1.29 is 4.42 Å². The predicted octanol–water partition coefficient (Wildman–Crippen LogP) is 12.7. The second kappa shape index (κ2) is 9.50. The summed E-state index contributed by atoms with van der Waals surface area (Å²) >= 11 is 6.97. The highest BCUT2D eigenvalue weighted by Gasteiger charge is 2.39. The summed E-state index contributed by atoms with van der Waals surface area (Å²) in [5.74, 6) is 0. The Kier molecular flexibility index (Phi) is 6.01. The number of nitrogens with zero attached hydrogens (tertiary/aromatic N) is 1. The highest BCUT2D eigenvalue weighted by atomic mass is 35.5. The van der Waals surface area contributed by atoms with Crippen molar-refractivity contribution in [2.75, 3.05) is 4.90 Å². The number of anilines is 3. The zero-order valence-corrected chi connectivity index (χ0v) is 28.1. The minimum Gasteiger partial charge on any atom is -0.454 e. The summed E-state index contributed by atoms with van der Waals surface area (Å²) in [6, 6.07) is 33.1. The molecule has 6 aromatic rings. The molecule has 0 N–H and O–H groups in total. The highest BCUT2D eigenvalue weighted by Crippen LogP contribution is 2.53. The molecule has 0 radical (unpaired) electrons. The number of furan rings is 1. The summed E-state index contributed by atoms with van der Waals surface area (Å²) in [4.78, 5) is 2.41. The van der Waals surface area contributed by atoms with Gasteiger partial charge in [0.1, 0.15) is 5.58 Å². The van der Waals surface area contributed by atoms with Crippen LogP contribution in [0.5, 0.6) is 0 Å². The van der Waals surface area contributed by atoms with Crippen molar-refractivity contribution in [2.45, 2.75) is 77.6 Å². The van der Waals surface area contributed by atoms with Gasteiger partial charge in [0.2, 0.25) is 0 Å². The molecule has 8 rings (SSSR count). The lowest BCUT2D eigenvalue weighted by Gasteiger charge is -2.43. The molecule has 226 valence electrons. The van der Waals surface area contributed by atoms with E-state index in [-0.39, 0.29) is 16.2 Å². The number of hydrogen-bond acceptors (Lipinski definition) is 2. The molecule has 3 heteroatoms. The molecule has 0 aliphatic heterocycles. The van der Waals surface area contributed by atoms with Gasteiger partial charge in [-0.2, -0.15) is 0 Å². The van der Waals surface area contributed by atoms with Crippen LogP contribution in [0.3, 0.4) is 0 Å². The number of fused-ring (bicyclic) bond motifs is 7. The largest absolute Gasteiger partial charge is 0.454 e. The summed E-state index contributed by atoms with van der Waals surface area (Å²) < 4.78 is 6.67. The van der Waals surface area contributed by atoms with E-state index in [9.17, 15) is 0 Å². The molecule has 2 aliphatic carbocycles. The van der Waals surface area contributed by atoms with Gasteiger partial charge in [0, 0.05) is 32.6 Å². The molecule has 5 aromatic carbocycles. The third-order valence-electron chi connectivity index (χ3n) is 10.9. The molecule has 0 unspecified atom stereocenters. The van der Waals surface area contributed by atoms with E-state index in [1.165, 1.54) is 45.4 Å². The lowest BCUT2D eigenvalue weighted by atomic mass is 9.63. The van der Waals surface area contributed by atoms with Crippen LogP contribution in [0.15, 0.2) is 95.4 Å². The first-order valence-electron chi connectivity index (χ1n) is 16.2. The Balaban J connectivity index is 1.44. The van der Waals surface area contributed by atoms with Crippen molar-refractivity contribution in [3.63, 3.8) is 0 Å². The van der Waals surface area contributed by atoms with Crippen molar-refractivity contribution in [2.24, 2.45) is 0 Å². The maximum Gasteiger partial charge on any atom is 0.159 e. The van der Waals surface area contributed by atoms with Gasteiger partial charge in [-0.1, -0.05) is 108 Å². The average Bonchev–Trinajstić information content (AvgIpc) is 3.49. The summed E-state index contributed by atoms with van der Waals surface area (Å²) in [5.41, 5.74) is 14.5. The fraction of sp³-hybridized carbons (Fsp3) is 0.286. The maximum absolute atomic E-state index is 6.97. The van der Waals surface area contributed by atoms with Gasteiger partial charge in [0.25, 0.3) is 0 Å². The molecule has 45 heavy (non-hydrogen) atoms. The maximum atomic E-state index is 6.97. The highest BCUT2D eigenvalue weighted by molar-refractivity contribution is 6.32. The van der Waals surface area contributed by atoms with Crippen molar-refractivity contribution >= 4 is 50.6 Å². The van der Waals surface area contributed by atoms with Crippen molar-refractivity contribution in [3.05, 3.63) is 124 Å². The van der Waals surface area contributed by atoms with Gasteiger partial charge in [0.05, 0.1) is 5.69 Å². The van der Waals surface area contributed by atoms with Crippen LogP contribution >= 0.6 is 11.6 Å². The molecule has 2 aliphatic rings. The first-order valence-corrected chi connectivity index (χ1v) is 16.6. The van der Waals surface area contributed by atoms with E-state index in [4.69, 9.17) is 16.0 Å². The number of rotatable bonds is 3. The quantitative estimate of drug-likeness (QED) is 0.198. The normalized spacial score (nSPS) is 17.2. The fourth-order valence-electron chi connectivity index (χ4n) is 8.13. The van der Waals surface area contributed by atoms with E-state index in [0.717, 1.165) is 45.4 Å². The molecule has 0 amide bonds. The monoisotopic (exact) mass is 609 g/mol. The molecule has 1 aromatic heterocycles. The van der Waals surface area contributed by atoms with Gasteiger partial charge in [-0.3, -0.25) is 0 Å². The van der Waals surface area contributed by atoms with Gasteiger partial charge in [-0.25, -0.2) is 0 Å². The summed E-state index contributed by atoms with van der Waals surface area (Å²) in [6.07, 6.45) is 2.34. The summed E-state index contributed by atoms with van der Waals surface area (Å²) in [7, 11) is 0. The molecular formula is C42H40ClNO. The standard InChI is InChI=1S/C42H40ClNO/c1-25-20-34-35(41(4,5)19-18-40(34,2)3)24-36(25)44(37-22-26(43)21-31-30-13-9-11-15-38(30)45-39(31)37)27-16-17-29-28-12-8-10-14-32(28)42(6,7)33(29)23-27/h8-17,20-24H,18-19H2,1-7H3. The zero-order chi connectivity index (χ0) is 31.5. The molecule has 0 atom stereocenters. The lowest BCUT2D eigenvalue weighted by molar-refractivity contribution is 0.332. The molecule has 0 bridgehead atoms. The van der Waals surface area contributed by atoms with E-state index in [0.29, 0.717) is 5.02 Å². The van der Waals surface area contributed by atoms with Gasteiger partial charge in [-0.05, 0) is 106 Å². The number of benzene rings is 5. The Bertz CT molecular complexity index is 2180. The van der Waals surface area contributed by atoms with Crippen LogP contribution < -0.4 is 4.90 Å². The first kappa shape index (κ1) is 28.5. The summed E-state index contributed by atoms with van der Waals surface area (Å²) in [5, 5.41) is 2.80. The van der Waals surface area contributed by atoms with E-state index < -0.39 is 0 Å². The van der Waals surface area contributed by atoms with Gasteiger partial charge >= 0.3 is 0 Å². The number of aryl methyl sites for hydroxylation is 1. The average molecular weight is 610 g/mol. The van der Waals surface area contributed by atoms with Crippen LogP contribution in [0.2, 0.25) is 5.02 Å². The molecule has 1 heterocycles. The Morgan fingerprint density at radius 1 is 0.622 bits per heavy atom. The van der Waals surface area contributed by atoms with Gasteiger partial charge < -0.3 is 9.32 Å². The van der Waals surface area contributed by atoms with Crippen LogP contribution in [0, 0.1) is 6.92 Å². The number of para-hydroxylation sites is 1. The van der Waals surface area contributed by atoms with Gasteiger partial charge in [-0.15, -0.1) is 0 Å². The zero-order valence-electron chi connectivity index (χ0n) is 27.3. The molecule has 0 saturated carbocycles. The molecular weight excluding hydrogens is 570 g/mol. The molecule has 2 nitrogen and oxygen atoms in total. The Morgan fingerprint density at radius 2 is 1.29 bits per heavy atom. The first-order chi connectivity index (χ1) is 21.4. The molecule has 0 spiro atoms. The predicted molar refractivity (Wildman–Crippen MR) is 191 cm³/mol. The smallest absolute Gasteiger partial charge is 0.159 e. The minimum absolute atomic E-state index is 0.0730. The van der Waals surface area contributed by atoms with E-state index in [1.54, 1.807) is 0 Å². The molecule has 0 fully saturated rings. The van der Waals surface area contributed by atoms with E-state index in [1.807, 2.05) is 18.2 Å². The molecule has 0 saturated heterocycles. The third kappa shape index (κ3) is 4.15. The lowest BCUT2D eigenvalue weighted by Crippen LogP contribution is -2.34. The Hall–Kier alpha value is -4.01. The SMILES string of the molecule is Cc1cc2c(cc1N(c1ccc3c(c1)C(C)(C)c1ccccc1-3)c1cc(Cl)cc3c1oc1ccccc13)C(C)(C)CCC2(C)C.